The van der Waals surface area contributed by atoms with E-state index in [1.165, 1.54) is 6.42 Å². The standard InChI is InChI=1S/C19H23ISi/c1-15-14-16(2)19(15,20)21(3,17-10-6-4-7-11-17)18-12-8-5-9-13-18/h4-13,15-16H,14H2,1-3H3. The van der Waals surface area contributed by atoms with E-state index in [4.69, 9.17) is 0 Å². The van der Waals surface area contributed by atoms with Crippen molar-refractivity contribution in [3.05, 3.63) is 60.7 Å². The van der Waals surface area contributed by atoms with E-state index in [1.807, 2.05) is 0 Å². The zero-order valence-electron chi connectivity index (χ0n) is 13.0. The Morgan fingerprint density at radius 3 is 1.57 bits per heavy atom. The van der Waals surface area contributed by atoms with Gasteiger partial charge in [0.15, 0.2) is 0 Å². The third kappa shape index (κ3) is 2.14. The zero-order chi connectivity index (χ0) is 15.1. The smallest absolute Gasteiger partial charge is 0.0809 e. The van der Waals surface area contributed by atoms with Crippen LogP contribution in [0.3, 0.4) is 0 Å². The summed E-state index contributed by atoms with van der Waals surface area (Å²) in [4.78, 5) is 0. The van der Waals surface area contributed by atoms with Gasteiger partial charge in [-0.25, -0.2) is 0 Å². The van der Waals surface area contributed by atoms with Crippen molar-refractivity contribution in [1.29, 1.82) is 0 Å². The van der Waals surface area contributed by atoms with Crippen molar-refractivity contribution >= 4 is 41.0 Å². The van der Waals surface area contributed by atoms with E-state index >= 15 is 0 Å². The highest BCUT2D eigenvalue weighted by atomic mass is 127. The molecular formula is C19H23ISi. The summed E-state index contributed by atoms with van der Waals surface area (Å²) in [5.41, 5.74) is 0. The predicted octanol–water partition coefficient (Wildman–Crippen LogP) is 4.27. The zero-order valence-corrected chi connectivity index (χ0v) is 16.2. The summed E-state index contributed by atoms with van der Waals surface area (Å²) in [6.07, 6.45) is 1.37. The SMILES string of the molecule is CC1CC(C)C1(I)[Si](C)(c1ccccc1)c1ccccc1. The van der Waals surface area contributed by atoms with Crippen LogP contribution in [0, 0.1) is 11.8 Å². The Kier molecular flexibility index (Phi) is 4.04. The van der Waals surface area contributed by atoms with E-state index in [2.05, 4.69) is 104 Å². The Hall–Kier alpha value is -0.613. The fourth-order valence-electron chi connectivity index (χ4n) is 4.34. The largest absolute Gasteiger partial charge is 0.131 e. The summed E-state index contributed by atoms with van der Waals surface area (Å²) in [7, 11) is -1.78. The Morgan fingerprint density at radius 1 is 0.857 bits per heavy atom. The van der Waals surface area contributed by atoms with Crippen LogP contribution in [0.5, 0.6) is 0 Å². The van der Waals surface area contributed by atoms with Crippen LogP contribution in [-0.4, -0.2) is 11.1 Å². The van der Waals surface area contributed by atoms with Gasteiger partial charge in [-0.15, -0.1) is 0 Å². The van der Waals surface area contributed by atoms with E-state index in [0.29, 0.717) is 3.04 Å². The maximum atomic E-state index is 2.83. The highest BCUT2D eigenvalue weighted by Gasteiger charge is 2.61. The van der Waals surface area contributed by atoms with E-state index in [0.717, 1.165) is 11.8 Å². The van der Waals surface area contributed by atoms with Crippen LogP contribution < -0.4 is 10.4 Å². The molecule has 2 atom stereocenters. The van der Waals surface area contributed by atoms with Crippen molar-refractivity contribution in [2.75, 3.05) is 0 Å². The summed E-state index contributed by atoms with van der Waals surface area (Å²) in [6.45, 7) is 7.48. The Labute approximate surface area is 143 Å². The Morgan fingerprint density at radius 2 is 1.24 bits per heavy atom. The highest BCUT2D eigenvalue weighted by Crippen LogP contribution is 2.55. The van der Waals surface area contributed by atoms with E-state index in [9.17, 15) is 0 Å². The van der Waals surface area contributed by atoms with Gasteiger partial charge in [0, 0.05) is 3.04 Å². The normalized spacial score (nSPS) is 29.0. The quantitative estimate of drug-likeness (QED) is 0.406. The van der Waals surface area contributed by atoms with E-state index in [1.54, 1.807) is 10.4 Å². The minimum absolute atomic E-state index is 0.410. The summed E-state index contributed by atoms with van der Waals surface area (Å²) in [6, 6.07) is 22.5. The molecule has 0 aromatic heterocycles. The van der Waals surface area contributed by atoms with Crippen LogP contribution >= 0.6 is 22.6 Å². The van der Waals surface area contributed by atoms with Crippen molar-refractivity contribution in [1.82, 2.24) is 0 Å². The van der Waals surface area contributed by atoms with Gasteiger partial charge in [0.05, 0.1) is 0 Å². The monoisotopic (exact) mass is 406 g/mol. The van der Waals surface area contributed by atoms with Crippen LogP contribution in [-0.2, 0) is 0 Å². The van der Waals surface area contributed by atoms with Crippen molar-refractivity contribution in [2.45, 2.75) is 29.9 Å². The lowest BCUT2D eigenvalue weighted by Gasteiger charge is -2.59. The number of rotatable bonds is 3. The van der Waals surface area contributed by atoms with Gasteiger partial charge in [0.1, 0.15) is 8.07 Å². The van der Waals surface area contributed by atoms with Gasteiger partial charge in [-0.05, 0) is 18.3 Å². The van der Waals surface area contributed by atoms with Crippen molar-refractivity contribution in [2.24, 2.45) is 11.8 Å². The van der Waals surface area contributed by atoms with E-state index in [-0.39, 0.29) is 0 Å². The first-order valence-electron chi connectivity index (χ1n) is 7.81. The average molecular weight is 406 g/mol. The first kappa shape index (κ1) is 15.3. The fourth-order valence-corrected chi connectivity index (χ4v) is 11.9. The lowest BCUT2D eigenvalue weighted by molar-refractivity contribution is 0.220. The maximum absolute atomic E-state index is 2.83. The second-order valence-electron chi connectivity index (χ2n) is 6.66. The van der Waals surface area contributed by atoms with Crippen LogP contribution in [0.2, 0.25) is 6.55 Å². The van der Waals surface area contributed by atoms with Crippen LogP contribution in [0.1, 0.15) is 20.3 Å². The molecule has 3 rings (SSSR count). The van der Waals surface area contributed by atoms with Crippen LogP contribution in [0.25, 0.3) is 0 Å². The van der Waals surface area contributed by atoms with Gasteiger partial charge in [-0.1, -0.05) is 114 Å². The van der Waals surface area contributed by atoms with Gasteiger partial charge < -0.3 is 0 Å². The van der Waals surface area contributed by atoms with Gasteiger partial charge in [0.2, 0.25) is 0 Å². The summed E-state index contributed by atoms with van der Waals surface area (Å²) in [5.74, 6) is 1.59. The molecule has 2 aromatic carbocycles. The van der Waals surface area contributed by atoms with Crippen molar-refractivity contribution in [3.8, 4) is 0 Å². The van der Waals surface area contributed by atoms with Gasteiger partial charge in [0.25, 0.3) is 0 Å². The average Bonchev–Trinajstić information content (AvgIpc) is 2.55. The maximum Gasteiger partial charge on any atom is 0.131 e. The molecule has 0 nitrogen and oxygen atoms in total. The van der Waals surface area contributed by atoms with Crippen molar-refractivity contribution in [3.63, 3.8) is 0 Å². The molecule has 0 heterocycles. The fraction of sp³-hybridized carbons (Fsp3) is 0.368. The second kappa shape index (κ2) is 5.54. The summed E-state index contributed by atoms with van der Waals surface area (Å²) in [5, 5.41) is 3.15. The molecule has 2 aromatic rings. The van der Waals surface area contributed by atoms with Gasteiger partial charge in [-0.3, -0.25) is 0 Å². The molecule has 0 aliphatic heterocycles. The molecule has 110 valence electrons. The molecular weight excluding hydrogens is 383 g/mol. The number of benzene rings is 2. The number of hydrogen-bond acceptors (Lipinski definition) is 0. The summed E-state index contributed by atoms with van der Waals surface area (Å²) < 4.78 is 0.410. The molecule has 1 aliphatic rings. The molecule has 0 N–H and O–H groups in total. The Bertz CT molecular complexity index is 560. The molecule has 1 aliphatic carbocycles. The van der Waals surface area contributed by atoms with Gasteiger partial charge >= 0.3 is 0 Å². The van der Waals surface area contributed by atoms with Crippen LogP contribution in [0.15, 0.2) is 60.7 Å². The predicted molar refractivity (Wildman–Crippen MR) is 103 cm³/mol. The van der Waals surface area contributed by atoms with Crippen LogP contribution in [0.4, 0.5) is 0 Å². The summed E-state index contributed by atoms with van der Waals surface area (Å²) >= 11 is 2.83. The van der Waals surface area contributed by atoms with Gasteiger partial charge in [-0.2, -0.15) is 0 Å². The molecule has 2 heteroatoms. The number of hydrogen-bond donors (Lipinski definition) is 0. The highest BCUT2D eigenvalue weighted by molar-refractivity contribution is 14.1. The third-order valence-electron chi connectivity index (χ3n) is 5.61. The first-order chi connectivity index (χ1) is 10.0. The third-order valence-corrected chi connectivity index (χ3v) is 16.5. The molecule has 1 saturated carbocycles. The number of halogens is 1. The lowest BCUT2D eigenvalue weighted by Crippen LogP contribution is -2.76. The van der Waals surface area contributed by atoms with E-state index < -0.39 is 8.07 Å². The lowest BCUT2D eigenvalue weighted by atomic mass is 9.76. The first-order valence-corrected chi connectivity index (χ1v) is 11.4. The molecule has 21 heavy (non-hydrogen) atoms. The number of alkyl halides is 1. The molecule has 2 unspecified atom stereocenters. The minimum atomic E-state index is -1.78. The molecule has 0 amide bonds. The topological polar surface area (TPSA) is 0 Å². The molecule has 0 bridgehead atoms. The molecule has 0 radical (unpaired) electrons. The minimum Gasteiger partial charge on any atom is -0.0809 e. The molecule has 0 spiro atoms. The molecule has 0 saturated heterocycles. The Balaban J connectivity index is 2.22. The second-order valence-corrected chi connectivity index (χ2v) is 13.7. The van der Waals surface area contributed by atoms with Crippen molar-refractivity contribution < 1.29 is 0 Å². The molecule has 1 fully saturated rings.